The fraction of sp³-hybridized carbons (Fsp3) is 0.143. The molecule has 0 saturated carbocycles. The van der Waals surface area contributed by atoms with Gasteiger partial charge in [0.2, 0.25) is 0 Å². The van der Waals surface area contributed by atoms with Gasteiger partial charge in [0, 0.05) is 22.7 Å². The molecule has 0 unspecified atom stereocenters. The Morgan fingerprint density at radius 3 is 2.81 bits per heavy atom. The zero-order valence-electron chi connectivity index (χ0n) is 11.6. The lowest BCUT2D eigenvalue weighted by atomic mass is 10.1. The van der Waals surface area contributed by atoms with Gasteiger partial charge in [0.15, 0.2) is 5.84 Å². The van der Waals surface area contributed by atoms with Crippen molar-refractivity contribution >= 4 is 28.8 Å². The van der Waals surface area contributed by atoms with Crippen LogP contribution in [-0.4, -0.2) is 24.1 Å². The minimum atomic E-state index is -0.233. The minimum Gasteiger partial charge on any atom is -0.496 e. The summed E-state index contributed by atoms with van der Waals surface area (Å²) in [6.45, 7) is 1.86. The van der Waals surface area contributed by atoms with Gasteiger partial charge in [-0.25, -0.2) is 0 Å². The normalized spacial score (nSPS) is 11.2. The summed E-state index contributed by atoms with van der Waals surface area (Å²) < 4.78 is 5.05. The number of amidine groups is 1. The van der Waals surface area contributed by atoms with Gasteiger partial charge < -0.3 is 21.0 Å². The Bertz CT molecular complexity index is 695. The molecule has 1 aromatic heterocycles. The van der Waals surface area contributed by atoms with Crippen LogP contribution in [0.15, 0.2) is 34.8 Å². The lowest BCUT2D eigenvalue weighted by molar-refractivity contribution is 0.103. The maximum absolute atomic E-state index is 12.2. The van der Waals surface area contributed by atoms with Gasteiger partial charge in [-0.3, -0.25) is 4.79 Å². The molecule has 7 heteroatoms. The number of nitrogens with zero attached hydrogens (tertiary/aromatic N) is 1. The van der Waals surface area contributed by atoms with E-state index in [1.165, 1.54) is 11.3 Å². The van der Waals surface area contributed by atoms with Crippen molar-refractivity contribution in [3.63, 3.8) is 0 Å². The topological polar surface area (TPSA) is 96.9 Å². The number of nitrogens with one attached hydrogen (secondary N) is 1. The van der Waals surface area contributed by atoms with E-state index in [2.05, 4.69) is 10.5 Å². The monoisotopic (exact) mass is 305 g/mol. The lowest BCUT2D eigenvalue weighted by Crippen LogP contribution is -2.15. The molecule has 6 nitrogen and oxygen atoms in total. The van der Waals surface area contributed by atoms with Crippen LogP contribution >= 0.6 is 11.3 Å². The molecule has 1 aromatic carbocycles. The Morgan fingerprint density at radius 2 is 2.19 bits per heavy atom. The number of hydrogen-bond acceptors (Lipinski definition) is 5. The number of nitrogens with two attached hydrogens (primary N) is 1. The number of amides is 1. The Labute approximate surface area is 125 Å². The highest BCUT2D eigenvalue weighted by atomic mass is 32.1. The summed E-state index contributed by atoms with van der Waals surface area (Å²) in [5.41, 5.74) is 7.56. The van der Waals surface area contributed by atoms with Gasteiger partial charge in [-0.05, 0) is 18.6 Å². The van der Waals surface area contributed by atoms with E-state index in [4.69, 9.17) is 15.7 Å². The summed E-state index contributed by atoms with van der Waals surface area (Å²) in [6, 6.07) is 6.84. The van der Waals surface area contributed by atoms with Crippen LogP contribution < -0.4 is 15.8 Å². The van der Waals surface area contributed by atoms with Gasteiger partial charge in [0.1, 0.15) is 5.75 Å². The van der Waals surface area contributed by atoms with Gasteiger partial charge in [-0.1, -0.05) is 17.3 Å². The molecular formula is C14H15N3O3S. The van der Waals surface area contributed by atoms with Gasteiger partial charge in [0.05, 0.1) is 12.0 Å². The predicted molar refractivity (Wildman–Crippen MR) is 82.5 cm³/mol. The lowest BCUT2D eigenvalue weighted by Gasteiger charge is -2.09. The summed E-state index contributed by atoms with van der Waals surface area (Å²) in [7, 11) is 1.55. The van der Waals surface area contributed by atoms with E-state index >= 15 is 0 Å². The van der Waals surface area contributed by atoms with Gasteiger partial charge >= 0.3 is 0 Å². The van der Waals surface area contributed by atoms with Gasteiger partial charge in [0.25, 0.3) is 5.91 Å². The van der Waals surface area contributed by atoms with E-state index in [0.29, 0.717) is 21.9 Å². The molecule has 0 aliphatic carbocycles. The number of rotatable bonds is 4. The second-order valence-electron chi connectivity index (χ2n) is 4.32. The van der Waals surface area contributed by atoms with Crippen LogP contribution in [0.25, 0.3) is 0 Å². The smallest absolute Gasteiger partial charge is 0.265 e. The summed E-state index contributed by atoms with van der Waals surface area (Å²) in [5.74, 6) is 0.402. The van der Waals surface area contributed by atoms with Crippen LogP contribution in [0.1, 0.15) is 20.8 Å². The highest BCUT2D eigenvalue weighted by Crippen LogP contribution is 2.23. The number of methoxy groups -OCH3 is 1. The van der Waals surface area contributed by atoms with Crippen molar-refractivity contribution in [2.24, 2.45) is 10.9 Å². The van der Waals surface area contributed by atoms with Gasteiger partial charge in [-0.2, -0.15) is 0 Å². The summed E-state index contributed by atoms with van der Waals surface area (Å²) >= 11 is 1.30. The number of ether oxygens (including phenoxy) is 1. The number of hydrogen-bond donors (Lipinski definition) is 3. The largest absolute Gasteiger partial charge is 0.496 e. The fourth-order valence-electron chi connectivity index (χ4n) is 1.70. The number of carbonyl (C=O) groups excluding carboxylic acids is 1. The van der Waals surface area contributed by atoms with Crippen molar-refractivity contribution in [3.05, 3.63) is 45.6 Å². The van der Waals surface area contributed by atoms with E-state index < -0.39 is 0 Å². The maximum Gasteiger partial charge on any atom is 0.265 e. The molecule has 0 atom stereocenters. The average Bonchev–Trinajstić information content (AvgIpc) is 2.97. The molecule has 0 aliphatic heterocycles. The summed E-state index contributed by atoms with van der Waals surface area (Å²) in [6.07, 6.45) is 0. The molecule has 0 bridgehead atoms. The number of carbonyl (C=O) groups is 1. The van der Waals surface area contributed by atoms with Gasteiger partial charge in [-0.15, -0.1) is 11.3 Å². The van der Waals surface area contributed by atoms with Crippen molar-refractivity contribution in [2.75, 3.05) is 12.4 Å². The second kappa shape index (κ2) is 6.27. The number of anilines is 1. The second-order valence-corrected chi connectivity index (χ2v) is 5.23. The first-order chi connectivity index (χ1) is 10.0. The van der Waals surface area contributed by atoms with Crippen molar-refractivity contribution in [2.45, 2.75) is 6.92 Å². The Hall–Kier alpha value is -2.54. The molecule has 2 aromatic rings. The van der Waals surface area contributed by atoms with E-state index in [9.17, 15) is 4.79 Å². The maximum atomic E-state index is 12.2. The molecule has 4 N–H and O–H groups in total. The quantitative estimate of drug-likeness (QED) is 0.350. The zero-order valence-corrected chi connectivity index (χ0v) is 12.4. The first-order valence-electron chi connectivity index (χ1n) is 6.07. The standard InChI is InChI=1S/C14H15N3O3S/c1-8-3-4-9(13(15)17-19)5-11(8)16-14(18)12-6-10(20-2)7-21-12/h3-7,19H,1-2H3,(H2,15,17)(H,16,18). The molecule has 0 radical (unpaired) electrons. The number of thiophene rings is 1. The van der Waals surface area contributed by atoms with Crippen molar-refractivity contribution in [1.29, 1.82) is 0 Å². The molecule has 1 amide bonds. The molecular weight excluding hydrogens is 290 g/mol. The van der Waals surface area contributed by atoms with Crippen LogP contribution in [0.3, 0.4) is 0 Å². The first-order valence-corrected chi connectivity index (χ1v) is 6.95. The van der Waals surface area contributed by atoms with E-state index in [1.54, 1.807) is 36.8 Å². The van der Waals surface area contributed by atoms with E-state index in [0.717, 1.165) is 5.56 Å². The van der Waals surface area contributed by atoms with E-state index in [1.807, 2.05) is 6.92 Å². The molecule has 21 heavy (non-hydrogen) atoms. The third kappa shape index (κ3) is 3.32. The number of aryl methyl sites for hydroxylation is 1. The summed E-state index contributed by atoms with van der Waals surface area (Å²) in [5, 5.41) is 16.2. The van der Waals surface area contributed by atoms with Crippen LogP contribution in [0.2, 0.25) is 0 Å². The molecule has 2 rings (SSSR count). The zero-order chi connectivity index (χ0) is 15.4. The van der Waals surface area contributed by atoms with Crippen molar-refractivity contribution < 1.29 is 14.7 Å². The van der Waals surface area contributed by atoms with Crippen molar-refractivity contribution in [3.8, 4) is 5.75 Å². The van der Waals surface area contributed by atoms with Crippen LogP contribution in [0, 0.1) is 6.92 Å². The Kier molecular flexibility index (Phi) is 4.44. The number of benzene rings is 1. The van der Waals surface area contributed by atoms with Crippen molar-refractivity contribution in [1.82, 2.24) is 0 Å². The minimum absolute atomic E-state index is 0.0108. The highest BCUT2D eigenvalue weighted by molar-refractivity contribution is 7.12. The molecule has 110 valence electrons. The summed E-state index contributed by atoms with van der Waals surface area (Å²) in [4.78, 5) is 12.7. The highest BCUT2D eigenvalue weighted by Gasteiger charge is 2.12. The third-order valence-corrected chi connectivity index (χ3v) is 3.83. The molecule has 0 spiro atoms. The van der Waals surface area contributed by atoms with E-state index in [-0.39, 0.29) is 11.7 Å². The SMILES string of the molecule is COc1csc(C(=O)Nc2cc(/C(N)=N/O)ccc2C)c1. The Balaban J connectivity index is 2.24. The molecule has 0 saturated heterocycles. The molecule has 0 fully saturated rings. The molecule has 0 aliphatic rings. The Morgan fingerprint density at radius 1 is 1.43 bits per heavy atom. The molecule has 1 heterocycles. The number of oxime groups is 1. The average molecular weight is 305 g/mol. The fourth-order valence-corrected chi connectivity index (χ4v) is 2.45. The van der Waals surface area contributed by atoms with Crippen LogP contribution in [0.4, 0.5) is 5.69 Å². The van der Waals surface area contributed by atoms with Crippen LogP contribution in [-0.2, 0) is 0 Å². The third-order valence-electron chi connectivity index (χ3n) is 2.92. The first kappa shape index (κ1) is 14.9. The van der Waals surface area contributed by atoms with Crippen LogP contribution in [0.5, 0.6) is 5.75 Å². The predicted octanol–water partition coefficient (Wildman–Crippen LogP) is 2.41.